The molecule has 0 aromatic heterocycles. The molecule has 0 N–H and O–H groups in total. The molecule has 0 spiro atoms. The molecule has 0 bridgehead atoms. The van der Waals surface area contributed by atoms with Gasteiger partial charge < -0.3 is 4.37 Å². The molecule has 0 heterocycles. The average molecular weight is 261 g/mol. The van der Waals surface area contributed by atoms with Crippen LogP contribution in [0.5, 0.6) is 17.2 Å². The van der Waals surface area contributed by atoms with Crippen LogP contribution in [0.15, 0.2) is 84.9 Å². The lowest BCUT2D eigenvalue weighted by atomic mass is 10.2. The normalized spacial score (nSPS) is 10.2. The van der Waals surface area contributed by atoms with Gasteiger partial charge >= 0.3 is 0 Å². The van der Waals surface area contributed by atoms with Crippen LogP contribution in [0.2, 0.25) is 0 Å². The molecule has 0 saturated heterocycles. The first-order valence-electron chi connectivity index (χ1n) is 6.76. The van der Waals surface area contributed by atoms with Crippen molar-refractivity contribution in [3.8, 4) is 17.2 Å². The Labute approximate surface area is 119 Å². The summed E-state index contributed by atoms with van der Waals surface area (Å²) in [6.07, 6.45) is 0. The average Bonchev–Trinajstić information content (AvgIpc) is 2.52. The Morgan fingerprint density at radius 2 is 0.900 bits per heavy atom. The summed E-state index contributed by atoms with van der Waals surface area (Å²) in [5.41, 5.74) is 1.26. The molecule has 0 amide bonds. The molecule has 3 rings (SSSR count). The van der Waals surface area contributed by atoms with E-state index in [0.29, 0.717) is 0 Å². The van der Waals surface area contributed by atoms with Crippen molar-refractivity contribution in [1.82, 2.24) is 0 Å². The first-order valence-corrected chi connectivity index (χ1v) is 6.76. The van der Waals surface area contributed by atoms with Crippen molar-refractivity contribution in [3.63, 3.8) is 0 Å². The van der Waals surface area contributed by atoms with Gasteiger partial charge in [0.15, 0.2) is 0 Å². The Bertz CT molecular complexity index is 618. The van der Waals surface area contributed by atoms with Crippen molar-refractivity contribution in [3.05, 3.63) is 90.5 Å². The molecular formula is C19H17O+. The van der Waals surface area contributed by atoms with Gasteiger partial charge in [0.2, 0.25) is 0 Å². The zero-order valence-electron chi connectivity index (χ0n) is 11.5. The highest BCUT2D eigenvalue weighted by molar-refractivity contribution is 5.43. The number of benzene rings is 3. The zero-order valence-corrected chi connectivity index (χ0v) is 11.5. The van der Waals surface area contributed by atoms with E-state index in [0.717, 1.165) is 17.2 Å². The van der Waals surface area contributed by atoms with Crippen molar-refractivity contribution in [2.45, 2.75) is 6.92 Å². The van der Waals surface area contributed by atoms with E-state index >= 15 is 0 Å². The second-order valence-electron chi connectivity index (χ2n) is 4.75. The molecule has 0 aliphatic carbocycles. The van der Waals surface area contributed by atoms with Crippen LogP contribution in [0.3, 0.4) is 0 Å². The molecule has 0 atom stereocenters. The Balaban J connectivity index is 2.11. The van der Waals surface area contributed by atoms with Crippen molar-refractivity contribution >= 4 is 0 Å². The second kappa shape index (κ2) is 5.62. The van der Waals surface area contributed by atoms with Crippen LogP contribution < -0.4 is 4.37 Å². The van der Waals surface area contributed by atoms with E-state index in [4.69, 9.17) is 0 Å². The van der Waals surface area contributed by atoms with E-state index in [1.807, 2.05) is 36.4 Å². The molecule has 0 radical (unpaired) electrons. The SMILES string of the molecule is Cc1ccc([O+](c2ccccc2)c2ccccc2)cc1. The molecule has 98 valence electrons. The molecule has 1 nitrogen and oxygen atoms in total. The molecule has 3 aromatic rings. The molecule has 0 saturated carbocycles. The van der Waals surface area contributed by atoms with E-state index in [9.17, 15) is 0 Å². The number of rotatable bonds is 3. The molecular weight excluding hydrogens is 244 g/mol. The lowest BCUT2D eigenvalue weighted by molar-refractivity contribution is 0.232. The highest BCUT2D eigenvalue weighted by Crippen LogP contribution is 2.38. The third kappa shape index (κ3) is 2.57. The van der Waals surface area contributed by atoms with Crippen molar-refractivity contribution in [2.75, 3.05) is 0 Å². The van der Waals surface area contributed by atoms with Crippen LogP contribution in [0, 0.1) is 6.92 Å². The topological polar surface area (TPSA) is 2.70 Å². The van der Waals surface area contributed by atoms with Crippen LogP contribution in [-0.2, 0) is 0 Å². The minimum Gasteiger partial charge on any atom is -0.499 e. The van der Waals surface area contributed by atoms with Crippen LogP contribution in [0.1, 0.15) is 5.56 Å². The predicted octanol–water partition coefficient (Wildman–Crippen LogP) is 5.74. The zero-order chi connectivity index (χ0) is 13.8. The minimum atomic E-state index is 1.09. The van der Waals surface area contributed by atoms with Gasteiger partial charge in [-0.2, -0.15) is 0 Å². The van der Waals surface area contributed by atoms with Crippen LogP contribution in [-0.4, -0.2) is 0 Å². The van der Waals surface area contributed by atoms with E-state index in [-0.39, 0.29) is 0 Å². The van der Waals surface area contributed by atoms with E-state index in [1.165, 1.54) is 5.56 Å². The Hall–Kier alpha value is -2.54. The third-order valence-corrected chi connectivity index (χ3v) is 3.21. The third-order valence-electron chi connectivity index (χ3n) is 3.21. The quantitative estimate of drug-likeness (QED) is 0.529. The fourth-order valence-electron chi connectivity index (χ4n) is 2.20. The highest BCUT2D eigenvalue weighted by atomic mass is 16.7. The van der Waals surface area contributed by atoms with Crippen molar-refractivity contribution in [2.24, 2.45) is 0 Å². The maximum atomic E-state index is 3.24. The Kier molecular flexibility index (Phi) is 3.51. The predicted molar refractivity (Wildman–Crippen MR) is 83.6 cm³/mol. The van der Waals surface area contributed by atoms with Gasteiger partial charge in [-0.3, -0.25) is 0 Å². The summed E-state index contributed by atoms with van der Waals surface area (Å²) in [5, 5.41) is 0. The standard InChI is InChI=1S/C19H17O/c1-16-12-14-19(15-13-16)20(17-8-4-2-5-9-17)18-10-6-3-7-11-18/h2-15H,1H3/q+1. The number of para-hydroxylation sites is 2. The fraction of sp³-hybridized carbons (Fsp3) is 0.0526. The first-order chi connectivity index (χ1) is 9.84. The van der Waals surface area contributed by atoms with Gasteiger partial charge in [0.1, 0.15) is 0 Å². The van der Waals surface area contributed by atoms with Gasteiger partial charge in [-0.15, -0.1) is 0 Å². The monoisotopic (exact) mass is 261 g/mol. The smallest absolute Gasteiger partial charge is 0.267 e. The lowest BCUT2D eigenvalue weighted by Crippen LogP contribution is -2.05. The Morgan fingerprint density at radius 1 is 0.500 bits per heavy atom. The Morgan fingerprint density at radius 3 is 1.35 bits per heavy atom. The number of aryl methyl sites for hydroxylation is 1. The van der Waals surface area contributed by atoms with E-state index < -0.39 is 0 Å². The molecule has 0 fully saturated rings. The second-order valence-corrected chi connectivity index (χ2v) is 4.75. The molecule has 0 aliphatic rings. The maximum absolute atomic E-state index is 3.24. The molecule has 20 heavy (non-hydrogen) atoms. The molecule has 0 unspecified atom stereocenters. The fourth-order valence-corrected chi connectivity index (χ4v) is 2.20. The highest BCUT2D eigenvalue weighted by Gasteiger charge is 2.18. The van der Waals surface area contributed by atoms with Crippen LogP contribution in [0.25, 0.3) is 0 Å². The van der Waals surface area contributed by atoms with Gasteiger partial charge in [-0.1, -0.05) is 54.1 Å². The van der Waals surface area contributed by atoms with Crippen LogP contribution in [0.4, 0.5) is 0 Å². The van der Waals surface area contributed by atoms with Gasteiger partial charge in [-0.05, 0) is 6.92 Å². The largest absolute Gasteiger partial charge is 0.499 e. The molecule has 1 heteroatoms. The van der Waals surface area contributed by atoms with Crippen molar-refractivity contribution in [1.29, 1.82) is 0 Å². The maximum Gasteiger partial charge on any atom is 0.267 e. The minimum absolute atomic E-state index is 1.09. The summed E-state index contributed by atoms with van der Waals surface area (Å²) in [7, 11) is 0. The summed E-state index contributed by atoms with van der Waals surface area (Å²) in [5.74, 6) is 3.26. The van der Waals surface area contributed by atoms with Crippen molar-refractivity contribution < 1.29 is 4.37 Å². The summed E-state index contributed by atoms with van der Waals surface area (Å²) in [4.78, 5) is 0. The molecule has 0 aliphatic heterocycles. The number of hydrogen-bond donors (Lipinski definition) is 0. The molecule has 3 aromatic carbocycles. The summed E-state index contributed by atoms with van der Waals surface area (Å²) < 4.78 is 3.24. The summed E-state index contributed by atoms with van der Waals surface area (Å²) >= 11 is 0. The van der Waals surface area contributed by atoms with Gasteiger partial charge in [0, 0.05) is 36.4 Å². The first kappa shape index (κ1) is 12.5. The van der Waals surface area contributed by atoms with Crippen LogP contribution >= 0.6 is 0 Å². The lowest BCUT2D eigenvalue weighted by Gasteiger charge is -2.22. The summed E-state index contributed by atoms with van der Waals surface area (Å²) in [6, 6.07) is 29.1. The van der Waals surface area contributed by atoms with E-state index in [1.54, 1.807) is 0 Å². The van der Waals surface area contributed by atoms with Gasteiger partial charge in [0.05, 0.1) is 0 Å². The number of hydrogen-bond acceptors (Lipinski definition) is 0. The summed E-state index contributed by atoms with van der Waals surface area (Å²) in [6.45, 7) is 2.10. The van der Waals surface area contributed by atoms with E-state index in [2.05, 4.69) is 59.8 Å². The van der Waals surface area contributed by atoms with Gasteiger partial charge in [-0.25, -0.2) is 0 Å². The van der Waals surface area contributed by atoms with Gasteiger partial charge in [0.25, 0.3) is 17.2 Å².